The van der Waals surface area contributed by atoms with Gasteiger partial charge in [0.1, 0.15) is 11.6 Å². The van der Waals surface area contributed by atoms with Gasteiger partial charge in [-0.15, -0.1) is 0 Å². The Morgan fingerprint density at radius 1 is 0.925 bits per heavy atom. The molecule has 5 atom stereocenters. The number of nitrogens with one attached hydrogen (secondary N) is 2. The van der Waals surface area contributed by atoms with Gasteiger partial charge in [-0.25, -0.2) is 0 Å². The van der Waals surface area contributed by atoms with Gasteiger partial charge in [0.05, 0.1) is 17.4 Å². The third kappa shape index (κ3) is 4.35. The van der Waals surface area contributed by atoms with Crippen LogP contribution in [0, 0.1) is 11.8 Å². The van der Waals surface area contributed by atoms with Crippen LogP contribution in [0.3, 0.4) is 0 Å². The summed E-state index contributed by atoms with van der Waals surface area (Å²) in [5.41, 5.74) is -0.193. The number of anilines is 2. The van der Waals surface area contributed by atoms with Crippen LogP contribution in [0.4, 0.5) is 11.4 Å². The molecule has 2 N–H and O–H groups in total. The van der Waals surface area contributed by atoms with Gasteiger partial charge in [0, 0.05) is 16.9 Å². The number of amides is 3. The fourth-order valence-electron chi connectivity index (χ4n) is 7.33. The first kappa shape index (κ1) is 26.8. The number of carbonyl (C=O) groups is 3. The molecule has 0 radical (unpaired) electrons. The zero-order valence-corrected chi connectivity index (χ0v) is 23.8. The highest BCUT2D eigenvalue weighted by Crippen LogP contribution is 2.60. The van der Waals surface area contributed by atoms with Crippen molar-refractivity contribution >= 4 is 29.1 Å². The molecule has 210 valence electrons. The molecular formula is C33H39N3O4. The number of hydrogen-bond donors (Lipinski definition) is 2. The van der Waals surface area contributed by atoms with Crippen molar-refractivity contribution < 1.29 is 19.1 Å². The second-order valence-corrected chi connectivity index (χ2v) is 13.1. The molecule has 2 bridgehead atoms. The van der Waals surface area contributed by atoms with Crippen molar-refractivity contribution in [2.45, 2.75) is 88.5 Å². The monoisotopic (exact) mass is 541 g/mol. The number of fused-ring (bicyclic) bond motifs is 1. The minimum atomic E-state index is -1.25. The zero-order chi connectivity index (χ0) is 28.3. The maximum Gasteiger partial charge on any atom is 0.246 e. The molecule has 3 fully saturated rings. The zero-order valence-electron chi connectivity index (χ0n) is 23.8. The number of carbonyl (C=O) groups excluding carboxylic acids is 3. The van der Waals surface area contributed by atoms with Gasteiger partial charge in [-0.05, 0) is 76.3 Å². The Morgan fingerprint density at radius 2 is 1.60 bits per heavy atom. The average Bonchev–Trinajstić information content (AvgIpc) is 3.49. The van der Waals surface area contributed by atoms with Crippen LogP contribution < -0.4 is 15.5 Å². The van der Waals surface area contributed by atoms with Gasteiger partial charge < -0.3 is 15.4 Å². The van der Waals surface area contributed by atoms with Gasteiger partial charge >= 0.3 is 0 Å². The average molecular weight is 542 g/mol. The largest absolute Gasteiger partial charge is 0.356 e. The molecule has 3 amide bonds. The smallest absolute Gasteiger partial charge is 0.246 e. The van der Waals surface area contributed by atoms with E-state index in [1.165, 1.54) is 37.7 Å². The summed E-state index contributed by atoms with van der Waals surface area (Å²) in [6, 6.07) is 16.4. The van der Waals surface area contributed by atoms with Crippen LogP contribution in [-0.2, 0) is 19.1 Å². The van der Waals surface area contributed by atoms with Crippen LogP contribution in [0.15, 0.2) is 66.7 Å². The number of para-hydroxylation sites is 1. The lowest BCUT2D eigenvalue weighted by atomic mass is 9.70. The van der Waals surface area contributed by atoms with Crippen molar-refractivity contribution in [2.24, 2.45) is 11.8 Å². The standard InChI is InChI=1S/C33H39N3O4/c1-31(2,3)35-29(38)27-33-20-19-32(4,40-33)25(28(37)34-23-13-9-6-10-14-23)26(33)30(39)36(27)24-17-15-22(16-18-24)21-11-7-5-8-12-21/h6,9-10,13-21,25-27H,5,7-8,11-12H2,1-4H3,(H,34,37)(H,35,38)/t25-,26+,27+,32-,33+/m1/s1. The molecule has 1 saturated carbocycles. The summed E-state index contributed by atoms with van der Waals surface area (Å²) in [6.45, 7) is 7.59. The lowest BCUT2D eigenvalue weighted by molar-refractivity contribution is -0.131. The fourth-order valence-corrected chi connectivity index (χ4v) is 7.33. The third-order valence-electron chi connectivity index (χ3n) is 9.02. The van der Waals surface area contributed by atoms with Gasteiger partial charge in [-0.2, -0.15) is 0 Å². The molecule has 0 aromatic heterocycles. The highest BCUT2D eigenvalue weighted by atomic mass is 16.5. The molecular weight excluding hydrogens is 502 g/mol. The molecule has 1 aliphatic carbocycles. The lowest BCUT2D eigenvalue weighted by Crippen LogP contribution is -2.58. The predicted octanol–water partition coefficient (Wildman–Crippen LogP) is 5.33. The molecule has 7 heteroatoms. The van der Waals surface area contributed by atoms with Gasteiger partial charge in [0.25, 0.3) is 0 Å². The lowest BCUT2D eigenvalue weighted by Gasteiger charge is -2.35. The molecule has 0 unspecified atom stereocenters. The minimum Gasteiger partial charge on any atom is -0.356 e. The molecule has 6 rings (SSSR count). The van der Waals surface area contributed by atoms with E-state index in [9.17, 15) is 14.4 Å². The summed E-state index contributed by atoms with van der Waals surface area (Å²) in [4.78, 5) is 43.7. The molecule has 1 spiro atoms. The van der Waals surface area contributed by atoms with Crippen molar-refractivity contribution in [3.05, 3.63) is 72.3 Å². The third-order valence-corrected chi connectivity index (χ3v) is 9.02. The Bertz CT molecular complexity index is 1340. The summed E-state index contributed by atoms with van der Waals surface area (Å²) < 4.78 is 6.64. The summed E-state index contributed by atoms with van der Waals surface area (Å²) >= 11 is 0. The van der Waals surface area contributed by atoms with Crippen LogP contribution in [0.25, 0.3) is 0 Å². The van der Waals surface area contributed by atoms with Crippen molar-refractivity contribution in [3.63, 3.8) is 0 Å². The number of benzene rings is 2. The number of nitrogens with zero attached hydrogens (tertiary/aromatic N) is 1. The van der Waals surface area contributed by atoms with Crippen molar-refractivity contribution in [2.75, 3.05) is 10.2 Å². The van der Waals surface area contributed by atoms with E-state index in [0.29, 0.717) is 17.3 Å². The van der Waals surface area contributed by atoms with Gasteiger partial charge in [-0.3, -0.25) is 19.3 Å². The van der Waals surface area contributed by atoms with E-state index in [-0.39, 0.29) is 17.7 Å². The molecule has 3 aliphatic heterocycles. The topological polar surface area (TPSA) is 87.7 Å². The van der Waals surface area contributed by atoms with Gasteiger partial charge in [-0.1, -0.05) is 61.7 Å². The van der Waals surface area contributed by atoms with Crippen molar-refractivity contribution in [1.82, 2.24) is 5.32 Å². The molecule has 4 aliphatic rings. The Morgan fingerprint density at radius 3 is 2.25 bits per heavy atom. The summed E-state index contributed by atoms with van der Waals surface area (Å²) in [5.74, 6) is -1.94. The SMILES string of the molecule is CC(C)(C)NC(=O)[C@@H]1N(c2ccc(C3CCCCC3)cc2)C(=O)[C@@H]2[C@H](C(=O)Nc3ccccc3)[C@@]3(C)C=C[C@]21O3. The fraction of sp³-hybridized carbons (Fsp3) is 0.485. The van der Waals surface area contributed by atoms with E-state index in [1.54, 1.807) is 4.90 Å². The normalized spacial score (nSPS) is 31.4. The van der Waals surface area contributed by atoms with Crippen LogP contribution in [-0.4, -0.2) is 40.5 Å². The van der Waals surface area contributed by atoms with Gasteiger partial charge in [0.15, 0.2) is 0 Å². The van der Waals surface area contributed by atoms with E-state index in [4.69, 9.17) is 4.74 Å². The van der Waals surface area contributed by atoms with Crippen LogP contribution in [0.2, 0.25) is 0 Å². The summed E-state index contributed by atoms with van der Waals surface area (Å²) in [5, 5.41) is 6.06. The predicted molar refractivity (Wildman–Crippen MR) is 155 cm³/mol. The van der Waals surface area contributed by atoms with Gasteiger partial charge in [0.2, 0.25) is 17.7 Å². The first-order valence-electron chi connectivity index (χ1n) is 14.5. The first-order valence-corrected chi connectivity index (χ1v) is 14.5. The molecule has 2 saturated heterocycles. The van der Waals surface area contributed by atoms with E-state index in [0.717, 1.165) is 0 Å². The summed E-state index contributed by atoms with van der Waals surface area (Å²) in [6.07, 6.45) is 9.84. The van der Waals surface area contributed by atoms with E-state index in [1.807, 2.05) is 82.3 Å². The summed E-state index contributed by atoms with van der Waals surface area (Å²) in [7, 11) is 0. The number of rotatable bonds is 5. The van der Waals surface area contributed by atoms with E-state index >= 15 is 0 Å². The Hall–Kier alpha value is -3.45. The van der Waals surface area contributed by atoms with E-state index < -0.39 is 34.6 Å². The van der Waals surface area contributed by atoms with E-state index in [2.05, 4.69) is 22.8 Å². The molecule has 2 aromatic carbocycles. The van der Waals surface area contributed by atoms with Crippen LogP contribution >= 0.6 is 0 Å². The van der Waals surface area contributed by atoms with Crippen LogP contribution in [0.1, 0.15) is 71.3 Å². The second-order valence-electron chi connectivity index (χ2n) is 13.1. The first-order chi connectivity index (χ1) is 19.0. The second kappa shape index (κ2) is 9.58. The Labute approximate surface area is 236 Å². The van der Waals surface area contributed by atoms with Crippen molar-refractivity contribution in [3.8, 4) is 0 Å². The minimum absolute atomic E-state index is 0.263. The Kier molecular flexibility index (Phi) is 6.41. The number of hydrogen-bond acceptors (Lipinski definition) is 4. The van der Waals surface area contributed by atoms with Crippen molar-refractivity contribution in [1.29, 1.82) is 0 Å². The van der Waals surface area contributed by atoms with Crippen LogP contribution in [0.5, 0.6) is 0 Å². The quantitative estimate of drug-likeness (QED) is 0.501. The highest BCUT2D eigenvalue weighted by molar-refractivity contribution is 6.11. The maximum atomic E-state index is 14.4. The Balaban J connectivity index is 1.38. The molecule has 2 aromatic rings. The maximum absolute atomic E-state index is 14.4. The molecule has 40 heavy (non-hydrogen) atoms. The molecule has 3 heterocycles. The highest BCUT2D eigenvalue weighted by Gasteiger charge is 2.76. The molecule has 7 nitrogen and oxygen atoms in total. The number of ether oxygens (including phenoxy) is 1.